The van der Waals surface area contributed by atoms with Crippen molar-refractivity contribution < 1.29 is 0 Å². The third kappa shape index (κ3) is 4.37. The number of aryl methyl sites for hydroxylation is 1. The Morgan fingerprint density at radius 3 is 2.42 bits per heavy atom. The Kier molecular flexibility index (Phi) is 5.82. The largest absolute Gasteiger partial charge is 0.249 e. The monoisotopic (exact) mass is 344 g/mol. The molecule has 0 spiro atoms. The first-order chi connectivity index (χ1) is 12.5. The Labute approximate surface area is 157 Å². The zero-order chi connectivity index (χ0) is 18.5. The Morgan fingerprint density at radius 1 is 0.962 bits per heavy atom. The number of benzene rings is 2. The van der Waals surface area contributed by atoms with Crippen LogP contribution in [0.5, 0.6) is 0 Å². The first kappa shape index (κ1) is 18.3. The smallest absolute Gasteiger partial charge is 0.0925 e. The van der Waals surface area contributed by atoms with Crippen LogP contribution in [0.1, 0.15) is 57.2 Å². The van der Waals surface area contributed by atoms with Gasteiger partial charge in [-0.15, -0.1) is 6.58 Å². The van der Waals surface area contributed by atoms with Gasteiger partial charge in [-0.1, -0.05) is 55.8 Å². The fourth-order valence-corrected chi connectivity index (χ4v) is 3.19. The van der Waals surface area contributed by atoms with Crippen molar-refractivity contribution in [1.29, 1.82) is 0 Å². The summed E-state index contributed by atoms with van der Waals surface area (Å²) >= 11 is 0. The molecule has 0 saturated carbocycles. The van der Waals surface area contributed by atoms with E-state index in [0.29, 0.717) is 5.92 Å². The average Bonchev–Trinajstić information content (AvgIpc) is 2.64. The molecule has 134 valence electrons. The Morgan fingerprint density at radius 2 is 1.73 bits per heavy atom. The molecule has 0 bridgehead atoms. The van der Waals surface area contributed by atoms with Crippen LogP contribution in [0.3, 0.4) is 0 Å². The van der Waals surface area contributed by atoms with Crippen LogP contribution in [0.25, 0.3) is 22.3 Å². The molecule has 0 aliphatic carbocycles. The molecule has 0 radical (unpaired) electrons. The lowest BCUT2D eigenvalue weighted by Gasteiger charge is -2.12. The predicted octanol–water partition coefficient (Wildman–Crippen LogP) is 6.71. The first-order valence-corrected chi connectivity index (χ1v) is 9.55. The topological polar surface area (TPSA) is 25.8 Å². The van der Waals surface area contributed by atoms with Gasteiger partial charge in [-0.25, -0.2) is 9.97 Å². The van der Waals surface area contributed by atoms with Crippen LogP contribution in [0.15, 0.2) is 60.7 Å². The van der Waals surface area contributed by atoms with Gasteiger partial charge in [-0.3, -0.25) is 0 Å². The van der Waals surface area contributed by atoms with E-state index in [1.165, 1.54) is 11.1 Å². The molecule has 0 unspecified atom stereocenters. The zero-order valence-electron chi connectivity index (χ0n) is 16.1. The number of aromatic nitrogens is 2. The van der Waals surface area contributed by atoms with E-state index in [-0.39, 0.29) is 0 Å². The van der Waals surface area contributed by atoms with Crippen LogP contribution in [-0.4, -0.2) is 9.97 Å². The van der Waals surface area contributed by atoms with Crippen molar-refractivity contribution in [3.05, 3.63) is 71.9 Å². The molecule has 0 saturated heterocycles. The molecule has 2 aromatic carbocycles. The number of nitrogens with zero attached hydrogens (tertiary/aromatic N) is 2. The van der Waals surface area contributed by atoms with Gasteiger partial charge in [0.15, 0.2) is 0 Å². The SMILES string of the molecule is C=C(C)CCCCc1nc2cc(C(C)C)ccc2nc1-c1ccccc1. The third-order valence-electron chi connectivity index (χ3n) is 4.74. The maximum absolute atomic E-state index is 5.03. The lowest BCUT2D eigenvalue weighted by Crippen LogP contribution is -2.00. The Hall–Kier alpha value is -2.48. The zero-order valence-corrected chi connectivity index (χ0v) is 16.1. The van der Waals surface area contributed by atoms with Crippen molar-refractivity contribution in [2.75, 3.05) is 0 Å². The molecule has 0 N–H and O–H groups in total. The van der Waals surface area contributed by atoms with E-state index in [2.05, 4.69) is 69.8 Å². The second-order valence-corrected chi connectivity index (χ2v) is 7.45. The minimum atomic E-state index is 0.494. The summed E-state index contributed by atoms with van der Waals surface area (Å²) in [6, 6.07) is 16.9. The molecule has 3 aromatic rings. The fourth-order valence-electron chi connectivity index (χ4n) is 3.19. The summed E-state index contributed by atoms with van der Waals surface area (Å²) < 4.78 is 0. The van der Waals surface area contributed by atoms with Crippen LogP contribution in [0.4, 0.5) is 0 Å². The van der Waals surface area contributed by atoms with E-state index in [1.54, 1.807) is 0 Å². The highest BCUT2D eigenvalue weighted by Crippen LogP contribution is 2.26. The van der Waals surface area contributed by atoms with E-state index < -0.39 is 0 Å². The Balaban J connectivity index is 2.00. The number of allylic oxidation sites excluding steroid dienone is 1. The van der Waals surface area contributed by atoms with E-state index in [4.69, 9.17) is 9.97 Å². The first-order valence-electron chi connectivity index (χ1n) is 9.55. The summed E-state index contributed by atoms with van der Waals surface area (Å²) in [5.74, 6) is 0.494. The van der Waals surface area contributed by atoms with Gasteiger partial charge >= 0.3 is 0 Å². The van der Waals surface area contributed by atoms with Gasteiger partial charge in [-0.05, 0) is 56.2 Å². The third-order valence-corrected chi connectivity index (χ3v) is 4.74. The van der Waals surface area contributed by atoms with E-state index >= 15 is 0 Å². The van der Waals surface area contributed by atoms with E-state index in [9.17, 15) is 0 Å². The summed E-state index contributed by atoms with van der Waals surface area (Å²) in [7, 11) is 0. The minimum Gasteiger partial charge on any atom is -0.249 e. The second kappa shape index (κ2) is 8.27. The fraction of sp³-hybridized carbons (Fsp3) is 0.333. The molecule has 0 fully saturated rings. The molecule has 1 aromatic heterocycles. The lowest BCUT2D eigenvalue weighted by molar-refractivity contribution is 0.720. The number of hydrogen-bond acceptors (Lipinski definition) is 2. The van der Waals surface area contributed by atoms with Crippen molar-refractivity contribution in [3.8, 4) is 11.3 Å². The van der Waals surface area contributed by atoms with Crippen molar-refractivity contribution >= 4 is 11.0 Å². The Bertz CT molecular complexity index is 895. The van der Waals surface area contributed by atoms with Gasteiger partial charge in [-0.2, -0.15) is 0 Å². The number of fused-ring (bicyclic) bond motifs is 1. The van der Waals surface area contributed by atoms with E-state index in [1.807, 2.05) is 6.07 Å². The summed E-state index contributed by atoms with van der Waals surface area (Å²) in [4.78, 5) is 10.0. The second-order valence-electron chi connectivity index (χ2n) is 7.45. The average molecular weight is 345 g/mol. The van der Waals surface area contributed by atoms with Crippen molar-refractivity contribution in [1.82, 2.24) is 9.97 Å². The van der Waals surface area contributed by atoms with Crippen molar-refractivity contribution in [2.45, 2.75) is 52.4 Å². The minimum absolute atomic E-state index is 0.494. The van der Waals surface area contributed by atoms with Crippen LogP contribution < -0.4 is 0 Å². The van der Waals surface area contributed by atoms with Crippen LogP contribution >= 0.6 is 0 Å². The molecule has 1 heterocycles. The summed E-state index contributed by atoms with van der Waals surface area (Å²) in [5, 5.41) is 0. The van der Waals surface area contributed by atoms with E-state index in [0.717, 1.165) is 53.7 Å². The molecule has 3 rings (SSSR count). The van der Waals surface area contributed by atoms with Gasteiger partial charge < -0.3 is 0 Å². The molecule has 0 aliphatic heterocycles. The summed E-state index contributed by atoms with van der Waals surface area (Å²) in [6.45, 7) is 10.5. The maximum Gasteiger partial charge on any atom is 0.0925 e. The number of hydrogen-bond donors (Lipinski definition) is 0. The molecule has 0 aliphatic rings. The highest BCUT2D eigenvalue weighted by molar-refractivity contribution is 5.79. The maximum atomic E-state index is 5.03. The quantitative estimate of drug-likeness (QED) is 0.351. The molecule has 2 heteroatoms. The van der Waals surface area contributed by atoms with Crippen LogP contribution in [0, 0.1) is 0 Å². The van der Waals surface area contributed by atoms with Crippen molar-refractivity contribution in [3.63, 3.8) is 0 Å². The highest BCUT2D eigenvalue weighted by Gasteiger charge is 2.12. The lowest BCUT2D eigenvalue weighted by atomic mass is 10.0. The molecule has 2 nitrogen and oxygen atoms in total. The van der Waals surface area contributed by atoms with Gasteiger partial charge in [0, 0.05) is 5.56 Å². The van der Waals surface area contributed by atoms with Gasteiger partial charge in [0.1, 0.15) is 0 Å². The molecule has 0 amide bonds. The normalized spacial score (nSPS) is 11.2. The van der Waals surface area contributed by atoms with Gasteiger partial charge in [0.2, 0.25) is 0 Å². The molecule has 0 atom stereocenters. The van der Waals surface area contributed by atoms with Crippen LogP contribution in [0.2, 0.25) is 0 Å². The van der Waals surface area contributed by atoms with Crippen LogP contribution in [-0.2, 0) is 6.42 Å². The van der Waals surface area contributed by atoms with Gasteiger partial charge in [0.05, 0.1) is 22.4 Å². The number of rotatable bonds is 7. The molecular weight excluding hydrogens is 316 g/mol. The summed E-state index contributed by atoms with van der Waals surface area (Å²) in [6.07, 6.45) is 4.29. The number of unbranched alkanes of at least 4 members (excludes halogenated alkanes) is 1. The predicted molar refractivity (Wildman–Crippen MR) is 111 cm³/mol. The van der Waals surface area contributed by atoms with Crippen molar-refractivity contribution in [2.24, 2.45) is 0 Å². The summed E-state index contributed by atoms with van der Waals surface area (Å²) in [5.41, 5.74) is 7.80. The molecule has 26 heavy (non-hydrogen) atoms. The van der Waals surface area contributed by atoms with Gasteiger partial charge in [0.25, 0.3) is 0 Å². The standard InChI is InChI=1S/C24H28N2/c1-17(2)10-8-9-13-22-24(19-11-6-5-7-12-19)26-21-15-14-20(18(3)4)16-23(21)25-22/h5-7,11-12,14-16,18H,1,8-10,13H2,2-4H3. The molecular formula is C24H28N2. The highest BCUT2D eigenvalue weighted by atomic mass is 14.8.